The van der Waals surface area contributed by atoms with Crippen LogP contribution in [0.4, 0.5) is 5.69 Å². The van der Waals surface area contributed by atoms with Crippen LogP contribution in [0.25, 0.3) is 0 Å². The fraction of sp³-hybridized carbons (Fsp3) is 0.538. The molecule has 0 aliphatic carbocycles. The molecule has 3 rings (SSSR count). The highest BCUT2D eigenvalue weighted by Gasteiger charge is 2.34. The largest absolute Gasteiger partial charge is 0.497 e. The topological polar surface area (TPSA) is 38.5 Å². The maximum atomic E-state index is 6.05. The van der Waals surface area contributed by atoms with Gasteiger partial charge in [-0.1, -0.05) is 6.07 Å². The molecule has 1 fully saturated rings. The molecule has 0 amide bonds. The Balaban J connectivity index is 2.00. The second-order valence-corrected chi connectivity index (χ2v) is 4.84. The number of ether oxygens (including phenoxy) is 1. The summed E-state index contributed by atoms with van der Waals surface area (Å²) in [6, 6.07) is 7.37. The fourth-order valence-electron chi connectivity index (χ4n) is 2.99. The molecule has 0 aromatic heterocycles. The molecule has 1 aromatic carbocycles. The molecule has 1 aromatic rings. The van der Waals surface area contributed by atoms with Crippen molar-refractivity contribution in [2.24, 2.45) is 5.73 Å². The van der Waals surface area contributed by atoms with E-state index in [4.69, 9.17) is 10.5 Å². The van der Waals surface area contributed by atoms with Crippen molar-refractivity contribution in [1.29, 1.82) is 0 Å². The van der Waals surface area contributed by atoms with Crippen molar-refractivity contribution in [3.05, 3.63) is 23.8 Å². The van der Waals surface area contributed by atoms with Gasteiger partial charge in [0.25, 0.3) is 0 Å². The van der Waals surface area contributed by atoms with Gasteiger partial charge in [-0.2, -0.15) is 0 Å². The third-order valence-electron chi connectivity index (χ3n) is 3.80. The number of aryl methyl sites for hydroxylation is 1. The van der Waals surface area contributed by atoms with E-state index >= 15 is 0 Å². The first-order valence-electron chi connectivity index (χ1n) is 5.97. The van der Waals surface area contributed by atoms with E-state index in [2.05, 4.69) is 23.1 Å². The molecule has 86 valence electrons. The lowest BCUT2D eigenvalue weighted by Crippen LogP contribution is -2.34. The summed E-state index contributed by atoms with van der Waals surface area (Å²) in [5.74, 6) is 0.944. The quantitative estimate of drug-likeness (QED) is 0.777. The molecule has 0 radical (unpaired) electrons. The van der Waals surface area contributed by atoms with E-state index in [-0.39, 0.29) is 0 Å². The zero-order valence-corrected chi connectivity index (χ0v) is 9.65. The first-order chi connectivity index (χ1) is 7.78. The monoisotopic (exact) mass is 218 g/mol. The molecular formula is C13H18N2O. The summed E-state index contributed by atoms with van der Waals surface area (Å²) >= 11 is 0. The minimum atomic E-state index is 0.335. The van der Waals surface area contributed by atoms with Crippen molar-refractivity contribution in [1.82, 2.24) is 0 Å². The summed E-state index contributed by atoms with van der Waals surface area (Å²) in [6.45, 7) is 0.991. The summed E-state index contributed by atoms with van der Waals surface area (Å²) in [5, 5.41) is 0. The molecule has 2 heterocycles. The smallest absolute Gasteiger partial charge is 0.120 e. The van der Waals surface area contributed by atoms with E-state index in [0.717, 1.165) is 18.7 Å². The van der Waals surface area contributed by atoms with Gasteiger partial charge in [-0.05, 0) is 30.9 Å². The van der Waals surface area contributed by atoms with Gasteiger partial charge in [0.1, 0.15) is 5.75 Å². The number of hydrogen-bond acceptors (Lipinski definition) is 3. The number of fused-ring (bicyclic) bond motifs is 3. The zero-order chi connectivity index (χ0) is 11.1. The third-order valence-corrected chi connectivity index (χ3v) is 3.80. The number of benzene rings is 1. The van der Waals surface area contributed by atoms with E-state index in [1.807, 2.05) is 0 Å². The van der Waals surface area contributed by atoms with Gasteiger partial charge in [0.2, 0.25) is 0 Å². The Labute approximate surface area is 96.2 Å². The van der Waals surface area contributed by atoms with Crippen LogP contribution in [0.15, 0.2) is 18.2 Å². The summed E-state index contributed by atoms with van der Waals surface area (Å²) in [6.07, 6.45) is 3.55. The Hall–Kier alpha value is -1.22. The predicted octanol–water partition coefficient (Wildman–Crippen LogP) is 1.55. The Morgan fingerprint density at radius 1 is 1.44 bits per heavy atom. The number of nitrogens with zero attached hydrogens (tertiary/aromatic N) is 1. The molecule has 2 unspecified atom stereocenters. The SMILES string of the molecule is COc1ccc2c(c1)N1CC(N)CC1CC2. The number of methoxy groups -OCH3 is 1. The molecule has 16 heavy (non-hydrogen) atoms. The van der Waals surface area contributed by atoms with Crippen LogP contribution >= 0.6 is 0 Å². The molecule has 2 aliphatic heterocycles. The Bertz CT molecular complexity index is 405. The number of anilines is 1. The predicted molar refractivity (Wildman–Crippen MR) is 65.0 cm³/mol. The van der Waals surface area contributed by atoms with Crippen molar-refractivity contribution >= 4 is 5.69 Å². The van der Waals surface area contributed by atoms with Crippen molar-refractivity contribution in [3.63, 3.8) is 0 Å². The molecule has 0 bridgehead atoms. The van der Waals surface area contributed by atoms with Gasteiger partial charge in [0.15, 0.2) is 0 Å². The highest BCUT2D eigenvalue weighted by atomic mass is 16.5. The Kier molecular flexibility index (Phi) is 2.28. The van der Waals surface area contributed by atoms with E-state index in [9.17, 15) is 0 Å². The van der Waals surface area contributed by atoms with E-state index < -0.39 is 0 Å². The van der Waals surface area contributed by atoms with Gasteiger partial charge >= 0.3 is 0 Å². The molecule has 2 N–H and O–H groups in total. The van der Waals surface area contributed by atoms with Crippen LogP contribution < -0.4 is 15.4 Å². The maximum Gasteiger partial charge on any atom is 0.120 e. The molecule has 0 spiro atoms. The molecule has 3 heteroatoms. The summed E-state index contributed by atoms with van der Waals surface area (Å²) < 4.78 is 5.30. The van der Waals surface area contributed by atoms with Gasteiger partial charge in [-0.15, -0.1) is 0 Å². The minimum absolute atomic E-state index is 0.335. The van der Waals surface area contributed by atoms with Gasteiger partial charge in [-0.25, -0.2) is 0 Å². The highest BCUT2D eigenvalue weighted by Crippen LogP contribution is 2.37. The molecule has 2 atom stereocenters. The highest BCUT2D eigenvalue weighted by molar-refractivity contribution is 5.60. The molecule has 0 saturated carbocycles. The first kappa shape index (κ1) is 9.97. The van der Waals surface area contributed by atoms with Crippen LogP contribution in [-0.2, 0) is 6.42 Å². The van der Waals surface area contributed by atoms with Gasteiger partial charge in [-0.3, -0.25) is 0 Å². The van der Waals surface area contributed by atoms with E-state index in [0.29, 0.717) is 12.1 Å². The van der Waals surface area contributed by atoms with Gasteiger partial charge in [0.05, 0.1) is 7.11 Å². The van der Waals surface area contributed by atoms with Gasteiger partial charge < -0.3 is 15.4 Å². The second kappa shape index (κ2) is 3.67. The van der Waals surface area contributed by atoms with Crippen molar-refractivity contribution in [2.75, 3.05) is 18.6 Å². The van der Waals surface area contributed by atoms with E-state index in [1.165, 1.54) is 24.1 Å². The number of rotatable bonds is 1. The van der Waals surface area contributed by atoms with Crippen molar-refractivity contribution in [3.8, 4) is 5.75 Å². The maximum absolute atomic E-state index is 6.05. The van der Waals surface area contributed by atoms with Gasteiger partial charge in [0, 0.05) is 30.4 Å². The summed E-state index contributed by atoms with van der Waals surface area (Å²) in [5.41, 5.74) is 8.82. The van der Waals surface area contributed by atoms with Crippen molar-refractivity contribution < 1.29 is 4.74 Å². The van der Waals surface area contributed by atoms with Crippen molar-refractivity contribution in [2.45, 2.75) is 31.3 Å². The lowest BCUT2D eigenvalue weighted by molar-refractivity contribution is 0.414. The first-order valence-corrected chi connectivity index (χ1v) is 5.97. The van der Waals surface area contributed by atoms with Crippen LogP contribution in [0.1, 0.15) is 18.4 Å². The third kappa shape index (κ3) is 1.47. The number of nitrogens with two attached hydrogens (primary N) is 1. The fourth-order valence-corrected chi connectivity index (χ4v) is 2.99. The summed E-state index contributed by atoms with van der Waals surface area (Å²) in [4.78, 5) is 2.46. The molecular weight excluding hydrogens is 200 g/mol. The normalized spacial score (nSPS) is 27.5. The molecule has 3 nitrogen and oxygen atoms in total. The number of hydrogen-bond donors (Lipinski definition) is 1. The molecule has 2 aliphatic rings. The Morgan fingerprint density at radius 2 is 2.31 bits per heavy atom. The van der Waals surface area contributed by atoms with Crippen LogP contribution in [-0.4, -0.2) is 25.7 Å². The minimum Gasteiger partial charge on any atom is -0.497 e. The van der Waals surface area contributed by atoms with E-state index in [1.54, 1.807) is 7.11 Å². The van der Waals surface area contributed by atoms with Crippen LogP contribution in [0.2, 0.25) is 0 Å². The summed E-state index contributed by atoms with van der Waals surface area (Å²) in [7, 11) is 1.72. The standard InChI is InChI=1S/C13H18N2O/c1-16-12-5-3-9-2-4-11-6-10(14)8-15(11)13(9)7-12/h3,5,7,10-11H,2,4,6,8,14H2,1H3. The second-order valence-electron chi connectivity index (χ2n) is 4.84. The van der Waals surface area contributed by atoms with Crippen LogP contribution in [0.3, 0.4) is 0 Å². The van der Waals surface area contributed by atoms with Crippen LogP contribution in [0.5, 0.6) is 5.75 Å². The average Bonchev–Trinajstić information content (AvgIpc) is 2.69. The Morgan fingerprint density at radius 3 is 3.12 bits per heavy atom. The molecule has 1 saturated heterocycles. The van der Waals surface area contributed by atoms with Crippen LogP contribution in [0, 0.1) is 0 Å². The zero-order valence-electron chi connectivity index (χ0n) is 9.65. The lowest BCUT2D eigenvalue weighted by atomic mass is 9.96. The lowest BCUT2D eigenvalue weighted by Gasteiger charge is -2.33. The average molecular weight is 218 g/mol.